The van der Waals surface area contributed by atoms with Crippen molar-refractivity contribution >= 4 is 16.7 Å². The first-order chi connectivity index (χ1) is 8.09. The molecule has 0 bridgehead atoms. The third kappa shape index (κ3) is 6.17. The lowest BCUT2D eigenvalue weighted by atomic mass is 10.1. The minimum atomic E-state index is -0.775. The minimum Gasteiger partial charge on any atom is -0.352 e. The second-order valence-corrected chi connectivity index (χ2v) is 6.39. The van der Waals surface area contributed by atoms with Gasteiger partial charge in [-0.1, -0.05) is 12.8 Å². The van der Waals surface area contributed by atoms with Crippen molar-refractivity contribution in [2.24, 2.45) is 0 Å². The molecule has 3 unspecified atom stereocenters. The van der Waals surface area contributed by atoms with Crippen LogP contribution in [0.15, 0.2) is 0 Å². The zero-order valence-electron chi connectivity index (χ0n) is 10.8. The van der Waals surface area contributed by atoms with Crippen LogP contribution < -0.4 is 10.6 Å². The predicted molar refractivity (Wildman–Crippen MR) is 71.4 cm³/mol. The first-order valence-corrected chi connectivity index (χ1v) is 8.16. The number of nitrogens with one attached hydrogen (secondary N) is 2. The zero-order chi connectivity index (χ0) is 12.7. The second-order valence-electron chi connectivity index (χ2n) is 4.83. The van der Waals surface area contributed by atoms with Crippen LogP contribution in [0.3, 0.4) is 0 Å². The number of carbonyl (C=O) groups is 1. The number of hydrogen-bond acceptors (Lipinski definition) is 3. The number of rotatable bonds is 5. The van der Waals surface area contributed by atoms with Gasteiger partial charge in [-0.15, -0.1) is 0 Å². The average Bonchev–Trinajstić information content (AvgIpc) is 2.54. The summed E-state index contributed by atoms with van der Waals surface area (Å²) in [5, 5.41) is 6.28. The van der Waals surface area contributed by atoms with Crippen LogP contribution in [0.25, 0.3) is 0 Å². The summed E-state index contributed by atoms with van der Waals surface area (Å²) in [5.74, 6) is 0.751. The van der Waals surface area contributed by atoms with Gasteiger partial charge in [0.05, 0.1) is 6.04 Å². The molecule has 0 aromatic heterocycles. The number of carbonyl (C=O) groups excluding carboxylic acids is 1. The minimum absolute atomic E-state index is 0.0351. The van der Waals surface area contributed by atoms with Crippen LogP contribution in [-0.2, 0) is 15.6 Å². The van der Waals surface area contributed by atoms with Gasteiger partial charge in [-0.25, -0.2) is 0 Å². The molecule has 17 heavy (non-hydrogen) atoms. The molecule has 0 aromatic rings. The molecule has 3 atom stereocenters. The Morgan fingerprint density at radius 1 is 1.47 bits per heavy atom. The fraction of sp³-hybridized carbons (Fsp3) is 0.917. The molecule has 2 N–H and O–H groups in total. The summed E-state index contributed by atoms with van der Waals surface area (Å²) < 4.78 is 11.0. The summed E-state index contributed by atoms with van der Waals surface area (Å²) in [5.41, 5.74) is 0. The van der Waals surface area contributed by atoms with Crippen molar-refractivity contribution in [2.45, 2.75) is 51.1 Å². The molecule has 4 nitrogen and oxygen atoms in total. The highest BCUT2D eigenvalue weighted by Gasteiger charge is 2.20. The van der Waals surface area contributed by atoms with Crippen molar-refractivity contribution in [1.82, 2.24) is 10.6 Å². The van der Waals surface area contributed by atoms with Crippen LogP contribution in [-0.4, -0.2) is 40.8 Å². The van der Waals surface area contributed by atoms with Gasteiger partial charge in [-0.2, -0.15) is 0 Å². The van der Waals surface area contributed by atoms with E-state index in [0.717, 1.165) is 32.2 Å². The van der Waals surface area contributed by atoms with E-state index in [2.05, 4.69) is 10.6 Å². The Morgan fingerprint density at radius 3 is 2.94 bits per heavy atom. The molecule has 1 heterocycles. The van der Waals surface area contributed by atoms with E-state index in [0.29, 0.717) is 5.75 Å². The molecule has 5 heteroatoms. The van der Waals surface area contributed by atoms with Crippen molar-refractivity contribution in [2.75, 3.05) is 18.6 Å². The molecule has 0 radical (unpaired) electrons. The smallest absolute Gasteiger partial charge is 0.237 e. The Labute approximate surface area is 106 Å². The van der Waals surface area contributed by atoms with E-state index in [9.17, 15) is 9.00 Å². The van der Waals surface area contributed by atoms with Gasteiger partial charge in [0.2, 0.25) is 5.91 Å². The summed E-state index contributed by atoms with van der Waals surface area (Å²) in [6.45, 7) is 2.91. The second kappa shape index (κ2) is 7.82. The Hall–Kier alpha value is -0.420. The molecule has 0 aliphatic carbocycles. The Kier molecular flexibility index (Phi) is 6.73. The zero-order valence-corrected chi connectivity index (χ0v) is 11.6. The number of amides is 1. The van der Waals surface area contributed by atoms with Crippen LogP contribution in [0, 0.1) is 0 Å². The van der Waals surface area contributed by atoms with Gasteiger partial charge in [0.1, 0.15) is 0 Å². The van der Waals surface area contributed by atoms with Crippen molar-refractivity contribution < 1.29 is 9.00 Å². The molecule has 0 spiro atoms. The normalized spacial score (nSPS) is 24.7. The quantitative estimate of drug-likeness (QED) is 0.768. The molecule has 1 saturated heterocycles. The van der Waals surface area contributed by atoms with Crippen LogP contribution >= 0.6 is 0 Å². The first kappa shape index (κ1) is 14.6. The van der Waals surface area contributed by atoms with E-state index in [1.807, 2.05) is 6.92 Å². The number of hydrogen-bond donors (Lipinski definition) is 2. The van der Waals surface area contributed by atoms with E-state index < -0.39 is 10.8 Å². The summed E-state index contributed by atoms with van der Waals surface area (Å²) in [7, 11) is -0.775. The lowest BCUT2D eigenvalue weighted by Crippen LogP contribution is -2.47. The largest absolute Gasteiger partial charge is 0.352 e. The van der Waals surface area contributed by atoms with Gasteiger partial charge in [0.15, 0.2) is 0 Å². The van der Waals surface area contributed by atoms with Crippen LogP contribution in [0.2, 0.25) is 0 Å². The fourth-order valence-corrected chi connectivity index (χ4v) is 2.70. The highest BCUT2D eigenvalue weighted by Crippen LogP contribution is 2.08. The van der Waals surface area contributed by atoms with Crippen LogP contribution in [0.4, 0.5) is 0 Å². The van der Waals surface area contributed by atoms with Crippen molar-refractivity contribution in [3.05, 3.63) is 0 Å². The summed E-state index contributed by atoms with van der Waals surface area (Å²) >= 11 is 0. The fourth-order valence-electron chi connectivity index (χ4n) is 2.01. The predicted octanol–water partition coefficient (Wildman–Crippen LogP) is 0.792. The lowest BCUT2D eigenvalue weighted by molar-refractivity contribution is -0.123. The van der Waals surface area contributed by atoms with Gasteiger partial charge < -0.3 is 10.6 Å². The van der Waals surface area contributed by atoms with E-state index >= 15 is 0 Å². The topological polar surface area (TPSA) is 58.2 Å². The van der Waals surface area contributed by atoms with E-state index in [-0.39, 0.29) is 18.0 Å². The van der Waals surface area contributed by atoms with E-state index in [4.69, 9.17) is 0 Å². The van der Waals surface area contributed by atoms with Gasteiger partial charge in [0, 0.05) is 28.9 Å². The standard InChI is InChI=1S/C12H24N2O2S/c1-10(7-9-17(2)16)14-12(15)11-6-4-3-5-8-13-11/h10-11,13H,3-9H2,1-2H3,(H,14,15). The third-order valence-electron chi connectivity index (χ3n) is 3.10. The lowest BCUT2D eigenvalue weighted by Gasteiger charge is -2.19. The molecule has 100 valence electrons. The Bertz CT molecular complexity index is 263. The van der Waals surface area contributed by atoms with Crippen molar-refractivity contribution in [3.8, 4) is 0 Å². The molecule has 1 fully saturated rings. The Morgan fingerprint density at radius 2 is 2.24 bits per heavy atom. The van der Waals surface area contributed by atoms with Crippen LogP contribution in [0.5, 0.6) is 0 Å². The van der Waals surface area contributed by atoms with E-state index in [1.54, 1.807) is 6.26 Å². The average molecular weight is 260 g/mol. The highest BCUT2D eigenvalue weighted by molar-refractivity contribution is 7.84. The van der Waals surface area contributed by atoms with Crippen molar-refractivity contribution in [3.63, 3.8) is 0 Å². The monoisotopic (exact) mass is 260 g/mol. The summed E-state index contributed by atoms with van der Waals surface area (Å²) in [6, 6.07) is 0.0727. The Balaban J connectivity index is 2.28. The van der Waals surface area contributed by atoms with Gasteiger partial charge in [-0.05, 0) is 32.7 Å². The molecular weight excluding hydrogens is 236 g/mol. The molecule has 0 aromatic carbocycles. The summed E-state index contributed by atoms with van der Waals surface area (Å²) in [4.78, 5) is 12.0. The molecule has 0 saturated carbocycles. The molecule has 1 rings (SSSR count). The maximum Gasteiger partial charge on any atom is 0.237 e. The summed E-state index contributed by atoms with van der Waals surface area (Å²) in [6.07, 6.45) is 6.90. The molecular formula is C12H24N2O2S. The molecule has 1 amide bonds. The van der Waals surface area contributed by atoms with Crippen LogP contribution in [0.1, 0.15) is 39.0 Å². The van der Waals surface area contributed by atoms with Gasteiger partial charge >= 0.3 is 0 Å². The first-order valence-electron chi connectivity index (χ1n) is 6.43. The maximum absolute atomic E-state index is 12.0. The third-order valence-corrected chi connectivity index (χ3v) is 3.91. The van der Waals surface area contributed by atoms with E-state index in [1.165, 1.54) is 6.42 Å². The van der Waals surface area contributed by atoms with Gasteiger partial charge in [0.25, 0.3) is 0 Å². The SMILES string of the molecule is CC(CCS(C)=O)NC(=O)C1CCCCCN1. The molecule has 1 aliphatic heterocycles. The highest BCUT2D eigenvalue weighted by atomic mass is 32.2. The maximum atomic E-state index is 12.0. The van der Waals surface area contributed by atoms with Gasteiger partial charge in [-0.3, -0.25) is 9.00 Å². The van der Waals surface area contributed by atoms with Crippen molar-refractivity contribution in [1.29, 1.82) is 0 Å². The molecule has 1 aliphatic rings.